The minimum Gasteiger partial charge on any atom is -0.453 e. The van der Waals surface area contributed by atoms with Crippen molar-refractivity contribution in [1.82, 2.24) is 4.98 Å². The van der Waals surface area contributed by atoms with Crippen molar-refractivity contribution in [2.75, 3.05) is 24.3 Å². The Labute approximate surface area is 135 Å². The van der Waals surface area contributed by atoms with E-state index in [0.29, 0.717) is 28.6 Å². The number of nitrogens with one attached hydrogen (secondary N) is 1. The Morgan fingerprint density at radius 1 is 1.26 bits per heavy atom. The van der Waals surface area contributed by atoms with Gasteiger partial charge in [0.2, 0.25) is 5.43 Å². The van der Waals surface area contributed by atoms with E-state index in [2.05, 4.69) is 24.1 Å². The third-order valence-electron chi connectivity index (χ3n) is 3.98. The van der Waals surface area contributed by atoms with Crippen LogP contribution in [0.5, 0.6) is 0 Å². The number of benzene rings is 2. The molecule has 1 unspecified atom stereocenters. The van der Waals surface area contributed by atoms with Crippen LogP contribution in [-0.2, 0) is 0 Å². The minimum atomic E-state index is -0.126. The average Bonchev–Trinajstić information content (AvgIpc) is 2.52. The van der Waals surface area contributed by atoms with E-state index in [1.807, 2.05) is 43.3 Å². The van der Waals surface area contributed by atoms with Crippen molar-refractivity contribution < 1.29 is 4.42 Å². The number of aromatic nitrogens is 1. The van der Waals surface area contributed by atoms with E-state index < -0.39 is 0 Å². The van der Waals surface area contributed by atoms with Gasteiger partial charge in [-0.2, -0.15) is 0 Å². The highest BCUT2D eigenvalue weighted by molar-refractivity contribution is 5.80. The van der Waals surface area contributed by atoms with Gasteiger partial charge in [-0.25, -0.2) is 4.98 Å². The van der Waals surface area contributed by atoms with Gasteiger partial charge in [0.05, 0.1) is 0 Å². The molecule has 1 aromatic rings. The lowest BCUT2D eigenvalue weighted by Gasteiger charge is -2.15. The van der Waals surface area contributed by atoms with Gasteiger partial charge in [0, 0.05) is 49.7 Å². The van der Waals surface area contributed by atoms with E-state index in [-0.39, 0.29) is 5.43 Å². The molecule has 3 rings (SSSR count). The lowest BCUT2D eigenvalue weighted by atomic mass is 10.1. The van der Waals surface area contributed by atoms with Crippen LogP contribution in [0.2, 0.25) is 0 Å². The normalized spacial score (nSPS) is 12.5. The number of anilines is 2. The number of rotatable bonds is 4. The first-order valence-corrected chi connectivity index (χ1v) is 7.80. The maximum absolute atomic E-state index is 12.2. The highest BCUT2D eigenvalue weighted by Crippen LogP contribution is 2.27. The summed E-state index contributed by atoms with van der Waals surface area (Å²) < 4.78 is 5.94. The standard InChI is InChI=1S/C18H21N3O2/c1-5-11(2)19-12-6-7-14-16(8-12)23-17-10-13(21(3)4)9-15(22)18(17)20-14/h6-11,19H,5H2,1-4H3. The molecule has 5 nitrogen and oxygen atoms in total. The number of nitrogens with zero attached hydrogens (tertiary/aromatic N) is 2. The molecule has 1 heterocycles. The Hall–Kier alpha value is -2.56. The number of hydrogen-bond donors (Lipinski definition) is 1. The number of fused-ring (bicyclic) bond motifs is 2. The molecule has 1 N–H and O–H groups in total. The molecule has 0 fully saturated rings. The lowest BCUT2D eigenvalue weighted by molar-refractivity contribution is 0.612. The molecule has 1 atom stereocenters. The van der Waals surface area contributed by atoms with Gasteiger partial charge in [0.1, 0.15) is 5.52 Å². The van der Waals surface area contributed by atoms with Crippen molar-refractivity contribution in [3.8, 4) is 11.5 Å². The SMILES string of the molecule is CCC(C)Nc1ccc2nc3c(=O)cc(N(C)C)cc-3oc2c1. The molecule has 0 radical (unpaired) electrons. The summed E-state index contributed by atoms with van der Waals surface area (Å²) in [4.78, 5) is 18.6. The van der Waals surface area contributed by atoms with Gasteiger partial charge in [-0.05, 0) is 25.5 Å². The Bertz CT molecular complexity index is 870. The van der Waals surface area contributed by atoms with Crippen molar-refractivity contribution in [2.45, 2.75) is 26.3 Å². The van der Waals surface area contributed by atoms with Crippen molar-refractivity contribution in [2.24, 2.45) is 0 Å². The first-order chi connectivity index (χ1) is 11.0. The fourth-order valence-electron chi connectivity index (χ4n) is 2.42. The van der Waals surface area contributed by atoms with Crippen LogP contribution in [0.4, 0.5) is 11.4 Å². The second kappa shape index (κ2) is 5.91. The van der Waals surface area contributed by atoms with E-state index in [1.54, 1.807) is 6.07 Å². The van der Waals surface area contributed by atoms with Crippen LogP contribution in [-0.4, -0.2) is 25.1 Å². The van der Waals surface area contributed by atoms with E-state index in [4.69, 9.17) is 4.42 Å². The largest absolute Gasteiger partial charge is 0.453 e. The van der Waals surface area contributed by atoms with Crippen molar-refractivity contribution in [3.63, 3.8) is 0 Å². The number of hydrogen-bond acceptors (Lipinski definition) is 5. The molecule has 0 saturated heterocycles. The summed E-state index contributed by atoms with van der Waals surface area (Å²) in [5.41, 5.74) is 3.39. The Morgan fingerprint density at radius 2 is 2.04 bits per heavy atom. The fourth-order valence-corrected chi connectivity index (χ4v) is 2.42. The molecule has 5 heteroatoms. The predicted molar refractivity (Wildman–Crippen MR) is 94.6 cm³/mol. The minimum absolute atomic E-state index is 0.126. The highest BCUT2D eigenvalue weighted by atomic mass is 16.3. The van der Waals surface area contributed by atoms with Crippen LogP contribution in [0.3, 0.4) is 0 Å². The van der Waals surface area contributed by atoms with E-state index >= 15 is 0 Å². The van der Waals surface area contributed by atoms with Crippen LogP contribution in [0.15, 0.2) is 39.5 Å². The van der Waals surface area contributed by atoms with Gasteiger partial charge >= 0.3 is 0 Å². The van der Waals surface area contributed by atoms with E-state index in [1.165, 1.54) is 0 Å². The van der Waals surface area contributed by atoms with Crippen molar-refractivity contribution >= 4 is 22.5 Å². The molecule has 23 heavy (non-hydrogen) atoms. The van der Waals surface area contributed by atoms with E-state index in [9.17, 15) is 4.79 Å². The van der Waals surface area contributed by atoms with Gasteiger partial charge in [-0.3, -0.25) is 4.79 Å². The maximum atomic E-state index is 12.2. The van der Waals surface area contributed by atoms with Crippen LogP contribution in [0, 0.1) is 0 Å². The van der Waals surface area contributed by atoms with Crippen LogP contribution in [0.1, 0.15) is 20.3 Å². The Morgan fingerprint density at radius 3 is 2.74 bits per heavy atom. The smallest absolute Gasteiger partial charge is 0.210 e. The molecule has 1 aromatic carbocycles. The van der Waals surface area contributed by atoms with Gasteiger partial charge in [0.15, 0.2) is 17.0 Å². The maximum Gasteiger partial charge on any atom is 0.210 e. The molecule has 0 spiro atoms. The topological polar surface area (TPSA) is 58.4 Å². The Kier molecular flexibility index (Phi) is 3.94. The molecular formula is C18H21N3O2. The van der Waals surface area contributed by atoms with Crippen molar-refractivity contribution in [3.05, 3.63) is 40.6 Å². The molecule has 0 amide bonds. The van der Waals surface area contributed by atoms with E-state index in [0.717, 1.165) is 17.8 Å². The summed E-state index contributed by atoms with van der Waals surface area (Å²) in [6.45, 7) is 4.27. The zero-order valence-corrected chi connectivity index (χ0v) is 13.9. The molecule has 0 aromatic heterocycles. The van der Waals surface area contributed by atoms with Crippen LogP contribution < -0.4 is 15.6 Å². The summed E-state index contributed by atoms with van der Waals surface area (Å²) in [5.74, 6) is 0.509. The third kappa shape index (κ3) is 2.99. The summed E-state index contributed by atoms with van der Waals surface area (Å²) in [5, 5.41) is 3.41. The molecule has 1 aliphatic heterocycles. The summed E-state index contributed by atoms with van der Waals surface area (Å²) in [6, 6.07) is 9.58. The highest BCUT2D eigenvalue weighted by Gasteiger charge is 2.15. The monoisotopic (exact) mass is 311 g/mol. The fraction of sp³-hybridized carbons (Fsp3) is 0.333. The van der Waals surface area contributed by atoms with Gasteiger partial charge in [0.25, 0.3) is 0 Å². The molecule has 0 bridgehead atoms. The predicted octanol–water partition coefficient (Wildman–Crippen LogP) is 3.57. The van der Waals surface area contributed by atoms with Gasteiger partial charge in [-0.1, -0.05) is 6.92 Å². The summed E-state index contributed by atoms with van der Waals surface area (Å²) >= 11 is 0. The molecule has 2 aliphatic rings. The Balaban J connectivity index is 2.15. The molecule has 0 saturated carbocycles. The second-order valence-corrected chi connectivity index (χ2v) is 6.04. The van der Waals surface area contributed by atoms with Gasteiger partial charge < -0.3 is 14.6 Å². The quantitative estimate of drug-likeness (QED) is 0.746. The van der Waals surface area contributed by atoms with Crippen LogP contribution >= 0.6 is 0 Å². The van der Waals surface area contributed by atoms with Crippen molar-refractivity contribution in [1.29, 1.82) is 0 Å². The summed E-state index contributed by atoms with van der Waals surface area (Å²) in [6.07, 6.45) is 1.04. The molecular weight excluding hydrogens is 290 g/mol. The van der Waals surface area contributed by atoms with Crippen LogP contribution in [0.25, 0.3) is 22.6 Å². The van der Waals surface area contributed by atoms with Gasteiger partial charge in [-0.15, -0.1) is 0 Å². The summed E-state index contributed by atoms with van der Waals surface area (Å²) in [7, 11) is 3.78. The first-order valence-electron chi connectivity index (χ1n) is 7.80. The second-order valence-electron chi connectivity index (χ2n) is 6.04. The molecule has 120 valence electrons. The molecule has 1 aliphatic carbocycles. The first kappa shape index (κ1) is 15.3. The lowest BCUT2D eigenvalue weighted by Crippen LogP contribution is -2.15. The average molecular weight is 311 g/mol. The zero-order chi connectivity index (χ0) is 16.6. The zero-order valence-electron chi connectivity index (χ0n) is 13.9. The third-order valence-corrected chi connectivity index (χ3v) is 3.98.